The number of rotatable bonds is 3. The molecule has 0 spiro atoms. The zero-order chi connectivity index (χ0) is 17.3. The Hall–Kier alpha value is -2.35. The Kier molecular flexibility index (Phi) is 4.31. The molecule has 8 heteroatoms. The SMILES string of the molecule is O=C(Cc1ccon1)N1CC(O)CC1c1ccc(C(F)(F)F)cc1. The van der Waals surface area contributed by atoms with Gasteiger partial charge in [-0.2, -0.15) is 13.2 Å². The Morgan fingerprint density at radius 1 is 1.29 bits per heavy atom. The largest absolute Gasteiger partial charge is 0.416 e. The van der Waals surface area contributed by atoms with Crippen LogP contribution in [0.1, 0.15) is 29.3 Å². The maximum atomic E-state index is 12.7. The van der Waals surface area contributed by atoms with Crippen molar-refractivity contribution in [2.75, 3.05) is 6.54 Å². The molecule has 1 fully saturated rings. The number of halogens is 3. The number of hydrogen-bond donors (Lipinski definition) is 1. The molecule has 1 saturated heterocycles. The molecule has 0 bridgehead atoms. The van der Waals surface area contributed by atoms with Crippen molar-refractivity contribution in [1.29, 1.82) is 0 Å². The van der Waals surface area contributed by atoms with Gasteiger partial charge < -0.3 is 14.5 Å². The highest BCUT2D eigenvalue weighted by Gasteiger charge is 2.36. The molecule has 1 aromatic heterocycles. The summed E-state index contributed by atoms with van der Waals surface area (Å²) < 4.78 is 42.6. The lowest BCUT2D eigenvalue weighted by atomic mass is 10.0. The highest BCUT2D eigenvalue weighted by atomic mass is 19.4. The molecule has 3 rings (SSSR count). The smallest absolute Gasteiger partial charge is 0.391 e. The molecule has 1 aliphatic heterocycles. The molecule has 0 radical (unpaired) electrons. The molecule has 5 nitrogen and oxygen atoms in total. The van der Waals surface area contributed by atoms with Crippen LogP contribution in [0.3, 0.4) is 0 Å². The summed E-state index contributed by atoms with van der Waals surface area (Å²) in [4.78, 5) is 13.9. The number of alkyl halides is 3. The summed E-state index contributed by atoms with van der Waals surface area (Å²) in [6, 6.07) is 5.78. The van der Waals surface area contributed by atoms with Crippen molar-refractivity contribution in [1.82, 2.24) is 10.1 Å². The van der Waals surface area contributed by atoms with E-state index in [1.54, 1.807) is 6.07 Å². The molecule has 2 unspecified atom stereocenters. The predicted octanol–water partition coefficient (Wildman–Crippen LogP) is 2.57. The number of aliphatic hydroxyl groups is 1. The summed E-state index contributed by atoms with van der Waals surface area (Å²) in [5.74, 6) is -0.259. The van der Waals surface area contributed by atoms with Crippen LogP contribution in [0.15, 0.2) is 41.1 Å². The number of likely N-dealkylation sites (tertiary alicyclic amines) is 1. The summed E-state index contributed by atoms with van der Waals surface area (Å²) in [6.07, 6.45) is -3.46. The van der Waals surface area contributed by atoms with Crippen LogP contribution < -0.4 is 0 Å². The van der Waals surface area contributed by atoms with Crippen LogP contribution in [-0.4, -0.2) is 33.7 Å². The molecule has 2 heterocycles. The second-order valence-electron chi connectivity index (χ2n) is 5.74. The first kappa shape index (κ1) is 16.5. The van der Waals surface area contributed by atoms with E-state index in [1.807, 2.05) is 0 Å². The normalized spacial score (nSPS) is 21.2. The molecule has 1 aromatic carbocycles. The molecule has 2 aromatic rings. The first-order valence-corrected chi connectivity index (χ1v) is 7.38. The van der Waals surface area contributed by atoms with E-state index in [0.717, 1.165) is 12.1 Å². The quantitative estimate of drug-likeness (QED) is 0.933. The molecular weight excluding hydrogens is 325 g/mol. The van der Waals surface area contributed by atoms with Crippen molar-refractivity contribution in [2.45, 2.75) is 31.2 Å². The average Bonchev–Trinajstić information content (AvgIpc) is 3.16. The molecule has 24 heavy (non-hydrogen) atoms. The first-order valence-electron chi connectivity index (χ1n) is 7.38. The number of aromatic nitrogens is 1. The van der Waals surface area contributed by atoms with Gasteiger partial charge in [0.25, 0.3) is 0 Å². The summed E-state index contributed by atoms with van der Waals surface area (Å²) in [5, 5.41) is 13.6. The minimum absolute atomic E-state index is 0.0142. The molecule has 0 saturated carbocycles. The van der Waals surface area contributed by atoms with Gasteiger partial charge in [0.15, 0.2) is 0 Å². The van der Waals surface area contributed by atoms with E-state index in [2.05, 4.69) is 9.68 Å². The fraction of sp³-hybridized carbons (Fsp3) is 0.375. The maximum absolute atomic E-state index is 12.7. The lowest BCUT2D eigenvalue weighted by molar-refractivity contribution is -0.137. The standard InChI is InChI=1S/C16H15F3N2O3/c17-16(18,19)11-3-1-10(2-4-11)14-8-13(22)9-21(14)15(23)7-12-5-6-24-20-12/h1-6,13-14,22H,7-9H2. The van der Waals surface area contributed by atoms with E-state index in [0.29, 0.717) is 11.3 Å². The maximum Gasteiger partial charge on any atom is 0.416 e. The minimum Gasteiger partial charge on any atom is -0.391 e. The topological polar surface area (TPSA) is 66.6 Å². The van der Waals surface area contributed by atoms with Crippen LogP contribution in [0.2, 0.25) is 0 Å². The van der Waals surface area contributed by atoms with E-state index >= 15 is 0 Å². The number of hydrogen-bond acceptors (Lipinski definition) is 4. The third kappa shape index (κ3) is 3.43. The van der Waals surface area contributed by atoms with Gasteiger partial charge in [-0.15, -0.1) is 0 Å². The second kappa shape index (κ2) is 6.27. The van der Waals surface area contributed by atoms with Crippen molar-refractivity contribution < 1.29 is 27.6 Å². The highest BCUT2D eigenvalue weighted by Crippen LogP contribution is 2.35. The second-order valence-corrected chi connectivity index (χ2v) is 5.74. The van der Waals surface area contributed by atoms with Crippen molar-refractivity contribution in [2.24, 2.45) is 0 Å². The number of nitrogens with zero attached hydrogens (tertiary/aromatic N) is 2. The lowest BCUT2D eigenvalue weighted by Crippen LogP contribution is -2.33. The van der Waals surface area contributed by atoms with Crippen molar-refractivity contribution in [3.63, 3.8) is 0 Å². The Morgan fingerprint density at radius 2 is 2.00 bits per heavy atom. The van der Waals surface area contributed by atoms with E-state index in [9.17, 15) is 23.1 Å². The zero-order valence-electron chi connectivity index (χ0n) is 12.5. The zero-order valence-corrected chi connectivity index (χ0v) is 12.5. The molecule has 1 N–H and O–H groups in total. The van der Waals surface area contributed by atoms with E-state index in [1.165, 1.54) is 23.3 Å². The summed E-state index contributed by atoms with van der Waals surface area (Å²) in [5.41, 5.74) is 0.283. The van der Waals surface area contributed by atoms with Crippen LogP contribution >= 0.6 is 0 Å². The van der Waals surface area contributed by atoms with Crippen LogP contribution in [0.5, 0.6) is 0 Å². The fourth-order valence-corrected chi connectivity index (χ4v) is 2.88. The van der Waals surface area contributed by atoms with Crippen molar-refractivity contribution in [3.8, 4) is 0 Å². The first-order chi connectivity index (χ1) is 11.3. The highest BCUT2D eigenvalue weighted by molar-refractivity contribution is 5.79. The van der Waals surface area contributed by atoms with Crippen LogP contribution in [0, 0.1) is 0 Å². The lowest BCUT2D eigenvalue weighted by Gasteiger charge is -2.24. The molecule has 2 atom stereocenters. The third-order valence-corrected chi connectivity index (χ3v) is 4.05. The van der Waals surface area contributed by atoms with Crippen LogP contribution in [0.4, 0.5) is 13.2 Å². The number of benzene rings is 1. The number of carbonyl (C=O) groups is 1. The van der Waals surface area contributed by atoms with Gasteiger partial charge in [0.05, 0.1) is 29.8 Å². The van der Waals surface area contributed by atoms with Gasteiger partial charge in [-0.3, -0.25) is 4.79 Å². The van der Waals surface area contributed by atoms with Crippen molar-refractivity contribution in [3.05, 3.63) is 53.4 Å². The number of carbonyl (C=O) groups excluding carboxylic acids is 1. The Balaban J connectivity index is 1.78. The summed E-state index contributed by atoms with van der Waals surface area (Å²) >= 11 is 0. The monoisotopic (exact) mass is 340 g/mol. The predicted molar refractivity (Wildman–Crippen MR) is 76.7 cm³/mol. The Labute approximate surface area is 135 Å². The molecular formula is C16H15F3N2O3. The van der Waals surface area contributed by atoms with Gasteiger partial charge in [0.1, 0.15) is 6.26 Å². The Morgan fingerprint density at radius 3 is 2.58 bits per heavy atom. The summed E-state index contributed by atoms with van der Waals surface area (Å²) in [7, 11) is 0. The molecule has 0 aliphatic carbocycles. The number of amides is 1. The van der Waals surface area contributed by atoms with Crippen LogP contribution in [0.25, 0.3) is 0 Å². The van der Waals surface area contributed by atoms with Gasteiger partial charge in [-0.05, 0) is 24.1 Å². The molecule has 1 amide bonds. The van der Waals surface area contributed by atoms with E-state index in [4.69, 9.17) is 0 Å². The number of β-amino-alcohol motifs (C(OH)–C–C–N with tert-alkyl or cyclic N) is 1. The third-order valence-electron chi connectivity index (χ3n) is 4.05. The van der Waals surface area contributed by atoms with Gasteiger partial charge in [-0.25, -0.2) is 0 Å². The van der Waals surface area contributed by atoms with E-state index < -0.39 is 23.9 Å². The molecule has 128 valence electrons. The van der Waals surface area contributed by atoms with Crippen LogP contribution in [-0.2, 0) is 17.4 Å². The van der Waals surface area contributed by atoms with Gasteiger partial charge in [-0.1, -0.05) is 17.3 Å². The molecule has 1 aliphatic rings. The number of aliphatic hydroxyl groups excluding tert-OH is 1. The van der Waals surface area contributed by atoms with Gasteiger partial charge >= 0.3 is 6.18 Å². The summed E-state index contributed by atoms with van der Waals surface area (Å²) in [6.45, 7) is 0.141. The van der Waals surface area contributed by atoms with Gasteiger partial charge in [0.2, 0.25) is 5.91 Å². The average molecular weight is 340 g/mol. The van der Waals surface area contributed by atoms with Gasteiger partial charge in [0, 0.05) is 12.6 Å². The Bertz CT molecular complexity index is 698. The van der Waals surface area contributed by atoms with Crippen molar-refractivity contribution >= 4 is 5.91 Å². The van der Waals surface area contributed by atoms with E-state index in [-0.39, 0.29) is 25.3 Å². The fourth-order valence-electron chi connectivity index (χ4n) is 2.88. The minimum atomic E-state index is -4.41.